The van der Waals surface area contributed by atoms with Crippen LogP contribution in [0.3, 0.4) is 0 Å². The van der Waals surface area contributed by atoms with Crippen LogP contribution in [0.1, 0.15) is 41.6 Å². The Labute approximate surface area is 129 Å². The third-order valence-corrected chi connectivity index (χ3v) is 4.70. The quantitative estimate of drug-likeness (QED) is 0.784. The van der Waals surface area contributed by atoms with Gasteiger partial charge in [-0.25, -0.2) is 4.79 Å². The summed E-state index contributed by atoms with van der Waals surface area (Å²) in [6.07, 6.45) is 0. The fourth-order valence-corrected chi connectivity index (χ4v) is 3.26. The van der Waals surface area contributed by atoms with E-state index in [9.17, 15) is 9.59 Å². The van der Waals surface area contributed by atoms with Gasteiger partial charge >= 0.3 is 11.9 Å². The van der Waals surface area contributed by atoms with E-state index in [2.05, 4.69) is 0 Å². The molecule has 6 heteroatoms. The third kappa shape index (κ3) is 3.97. The summed E-state index contributed by atoms with van der Waals surface area (Å²) in [5.74, 6) is -1.67. The second-order valence-corrected chi connectivity index (χ2v) is 6.16. The molecule has 0 aliphatic rings. The number of aryl methyl sites for hydroxylation is 1. The summed E-state index contributed by atoms with van der Waals surface area (Å²) in [5.41, 5.74) is 1.48. The number of esters is 1. The Morgan fingerprint density at radius 1 is 1.33 bits per heavy atom. The molecule has 1 atom stereocenters. The van der Waals surface area contributed by atoms with Gasteiger partial charge in [-0.1, -0.05) is 6.92 Å². The number of carboxylic acid groups (broad SMARTS) is 1. The first-order chi connectivity index (χ1) is 9.83. The van der Waals surface area contributed by atoms with Gasteiger partial charge in [-0.15, -0.1) is 11.3 Å². The first-order valence-corrected chi connectivity index (χ1v) is 7.89. The maximum atomic E-state index is 12.2. The zero-order valence-corrected chi connectivity index (χ0v) is 14.0. The highest BCUT2D eigenvalue weighted by Gasteiger charge is 2.25. The van der Waals surface area contributed by atoms with Gasteiger partial charge in [-0.3, -0.25) is 4.79 Å². The third-order valence-electron chi connectivity index (χ3n) is 3.43. The average Bonchev–Trinajstić information content (AvgIpc) is 2.72. The summed E-state index contributed by atoms with van der Waals surface area (Å²) in [4.78, 5) is 26.2. The molecule has 0 radical (unpaired) electrons. The van der Waals surface area contributed by atoms with Crippen molar-refractivity contribution >= 4 is 28.3 Å². The fourth-order valence-electron chi connectivity index (χ4n) is 2.04. The van der Waals surface area contributed by atoms with E-state index in [1.807, 2.05) is 25.7 Å². The molecule has 0 fully saturated rings. The molecule has 0 spiro atoms. The predicted molar refractivity (Wildman–Crippen MR) is 84.4 cm³/mol. The highest BCUT2D eigenvalue weighted by Crippen LogP contribution is 2.36. The Morgan fingerprint density at radius 2 is 1.95 bits per heavy atom. The lowest BCUT2D eigenvalue weighted by Crippen LogP contribution is -2.32. The molecule has 118 valence electrons. The van der Waals surface area contributed by atoms with Gasteiger partial charge in [0.15, 0.2) is 0 Å². The van der Waals surface area contributed by atoms with Gasteiger partial charge in [0.25, 0.3) is 0 Å². The first kappa shape index (κ1) is 17.5. The minimum atomic E-state index is -0.837. The van der Waals surface area contributed by atoms with Crippen molar-refractivity contribution in [2.24, 2.45) is 5.92 Å². The number of aliphatic carboxylic acids is 1. The molecule has 0 aliphatic heterocycles. The number of nitrogens with zero attached hydrogens (tertiary/aromatic N) is 1. The average molecular weight is 313 g/mol. The molecule has 0 aliphatic carbocycles. The van der Waals surface area contributed by atoms with Crippen molar-refractivity contribution < 1.29 is 19.4 Å². The summed E-state index contributed by atoms with van der Waals surface area (Å²) in [6.45, 7) is 10.6. The Bertz CT molecular complexity index is 524. The molecule has 5 nitrogen and oxygen atoms in total. The molecule has 0 saturated heterocycles. The molecule has 0 saturated carbocycles. The van der Waals surface area contributed by atoms with Crippen LogP contribution in [0.25, 0.3) is 0 Å². The molecular formula is C15H23NO4S. The van der Waals surface area contributed by atoms with Crippen LogP contribution in [0.15, 0.2) is 0 Å². The molecule has 0 amide bonds. The number of thiophene rings is 1. The van der Waals surface area contributed by atoms with Crippen molar-refractivity contribution in [2.75, 3.05) is 24.6 Å². The van der Waals surface area contributed by atoms with E-state index in [-0.39, 0.29) is 5.97 Å². The van der Waals surface area contributed by atoms with Crippen LogP contribution in [0, 0.1) is 19.8 Å². The number of carboxylic acids is 1. The molecule has 21 heavy (non-hydrogen) atoms. The second-order valence-electron chi connectivity index (χ2n) is 4.96. The number of hydrogen-bond acceptors (Lipinski definition) is 5. The van der Waals surface area contributed by atoms with Crippen molar-refractivity contribution in [3.8, 4) is 0 Å². The van der Waals surface area contributed by atoms with Gasteiger partial charge in [0, 0.05) is 18.0 Å². The summed E-state index contributed by atoms with van der Waals surface area (Å²) < 4.78 is 5.13. The molecule has 1 heterocycles. The highest BCUT2D eigenvalue weighted by molar-refractivity contribution is 7.16. The summed E-state index contributed by atoms with van der Waals surface area (Å²) in [7, 11) is 0. The highest BCUT2D eigenvalue weighted by atomic mass is 32.1. The molecule has 1 unspecified atom stereocenters. The van der Waals surface area contributed by atoms with Crippen molar-refractivity contribution in [3.05, 3.63) is 16.0 Å². The van der Waals surface area contributed by atoms with E-state index < -0.39 is 11.9 Å². The first-order valence-electron chi connectivity index (χ1n) is 7.08. The molecule has 1 N–H and O–H groups in total. The minimum absolute atomic E-state index is 0.324. The van der Waals surface area contributed by atoms with Crippen molar-refractivity contribution in [1.29, 1.82) is 0 Å². The van der Waals surface area contributed by atoms with E-state index in [4.69, 9.17) is 9.84 Å². The largest absolute Gasteiger partial charge is 0.481 e. The molecular weight excluding hydrogens is 290 g/mol. The zero-order chi connectivity index (χ0) is 16.2. The van der Waals surface area contributed by atoms with Crippen LogP contribution >= 0.6 is 11.3 Å². The number of hydrogen-bond donors (Lipinski definition) is 1. The van der Waals surface area contributed by atoms with Crippen LogP contribution in [-0.4, -0.2) is 36.7 Å². The smallest absolute Gasteiger partial charge is 0.341 e. The SMILES string of the molecule is CCOC(=O)c1c(N(CC)CC(C)C(=O)O)sc(C)c1C. The topological polar surface area (TPSA) is 66.8 Å². The molecule has 1 aromatic rings. The zero-order valence-electron chi connectivity index (χ0n) is 13.2. The van der Waals surface area contributed by atoms with Crippen LogP contribution < -0.4 is 4.90 Å². The van der Waals surface area contributed by atoms with E-state index in [1.165, 1.54) is 11.3 Å². The Balaban J connectivity index is 3.17. The minimum Gasteiger partial charge on any atom is -0.481 e. The summed E-state index contributed by atoms with van der Waals surface area (Å²) in [5, 5.41) is 9.89. The van der Waals surface area contributed by atoms with Gasteiger partial charge < -0.3 is 14.7 Å². The number of rotatable bonds is 7. The molecule has 0 bridgehead atoms. The second kappa shape index (κ2) is 7.45. The standard InChI is InChI=1S/C15H23NO4S/c1-6-16(8-9(3)14(17)18)13-12(15(19)20-7-2)10(4)11(5)21-13/h9H,6-8H2,1-5H3,(H,17,18). The number of carbonyl (C=O) groups is 2. The van der Waals surface area contributed by atoms with E-state index >= 15 is 0 Å². The lowest BCUT2D eigenvalue weighted by molar-refractivity contribution is -0.140. The van der Waals surface area contributed by atoms with Gasteiger partial charge in [0.1, 0.15) is 5.00 Å². The number of ether oxygens (including phenoxy) is 1. The van der Waals surface area contributed by atoms with E-state index in [1.54, 1.807) is 13.8 Å². The van der Waals surface area contributed by atoms with Crippen molar-refractivity contribution in [1.82, 2.24) is 0 Å². The molecule has 0 aromatic carbocycles. The number of carbonyl (C=O) groups excluding carboxylic acids is 1. The Hall–Kier alpha value is -1.56. The fraction of sp³-hybridized carbons (Fsp3) is 0.600. The van der Waals surface area contributed by atoms with Crippen molar-refractivity contribution in [2.45, 2.75) is 34.6 Å². The lowest BCUT2D eigenvalue weighted by Gasteiger charge is -2.24. The monoisotopic (exact) mass is 313 g/mol. The van der Waals surface area contributed by atoms with Crippen LogP contribution in [-0.2, 0) is 9.53 Å². The van der Waals surface area contributed by atoms with Crippen LogP contribution in [0.5, 0.6) is 0 Å². The van der Waals surface area contributed by atoms with Gasteiger partial charge in [-0.05, 0) is 33.3 Å². The normalized spacial score (nSPS) is 12.0. The van der Waals surface area contributed by atoms with E-state index in [0.717, 1.165) is 15.4 Å². The van der Waals surface area contributed by atoms with Crippen LogP contribution in [0.2, 0.25) is 0 Å². The van der Waals surface area contributed by atoms with E-state index in [0.29, 0.717) is 25.3 Å². The van der Waals surface area contributed by atoms with Gasteiger partial charge in [0.05, 0.1) is 18.1 Å². The molecule has 1 aromatic heterocycles. The van der Waals surface area contributed by atoms with Crippen LogP contribution in [0.4, 0.5) is 5.00 Å². The molecule has 1 rings (SSSR count). The summed E-state index contributed by atoms with van der Waals surface area (Å²) in [6, 6.07) is 0. The predicted octanol–water partition coefficient (Wildman–Crippen LogP) is 3.09. The van der Waals surface area contributed by atoms with Gasteiger partial charge in [0.2, 0.25) is 0 Å². The van der Waals surface area contributed by atoms with Gasteiger partial charge in [-0.2, -0.15) is 0 Å². The lowest BCUT2D eigenvalue weighted by atomic mass is 10.1. The van der Waals surface area contributed by atoms with Crippen molar-refractivity contribution in [3.63, 3.8) is 0 Å². The Morgan fingerprint density at radius 3 is 2.43 bits per heavy atom. The maximum Gasteiger partial charge on any atom is 0.341 e. The Kier molecular flexibility index (Phi) is 6.20. The maximum absolute atomic E-state index is 12.2. The summed E-state index contributed by atoms with van der Waals surface area (Å²) >= 11 is 1.51. The number of anilines is 1.